The van der Waals surface area contributed by atoms with Crippen molar-refractivity contribution in [2.24, 2.45) is 29.6 Å². The van der Waals surface area contributed by atoms with Gasteiger partial charge < -0.3 is 4.74 Å². The van der Waals surface area contributed by atoms with Gasteiger partial charge in [-0.05, 0) is 93.8 Å². The first-order valence-corrected chi connectivity index (χ1v) is 11.1. The van der Waals surface area contributed by atoms with E-state index in [2.05, 4.69) is 47.4 Å². The quantitative estimate of drug-likeness (QED) is 0.281. The van der Waals surface area contributed by atoms with Gasteiger partial charge in [0.05, 0.1) is 6.61 Å². The third kappa shape index (κ3) is 5.32. The molecule has 130 valence electrons. The van der Waals surface area contributed by atoms with Crippen LogP contribution in [-0.4, -0.2) is 10.7 Å². The minimum absolute atomic E-state index is 0.472. The first-order chi connectivity index (χ1) is 11.2. The molecule has 1 heterocycles. The second kappa shape index (κ2) is 9.03. The highest BCUT2D eigenvalue weighted by Crippen LogP contribution is 2.39. The standard InChI is InChI=1S/C21H33IO/c1-2-16-3-5-17(6-4-16)7-8-18-9-11-19(12-10-18)20-13-14-21(22)23-15-20/h2,7-8,16-21H,1,3-6,9-15H2/b8-7+. The molecular weight excluding hydrogens is 395 g/mol. The SMILES string of the molecule is C=CC1CCC(/C=C/C2CCC(C3CCC(I)OC3)CC2)CC1. The van der Waals surface area contributed by atoms with Crippen molar-refractivity contribution >= 4 is 22.6 Å². The summed E-state index contributed by atoms with van der Waals surface area (Å²) in [5.74, 6) is 4.27. The molecule has 0 radical (unpaired) electrons. The Hall–Kier alpha value is 0.170. The highest BCUT2D eigenvalue weighted by molar-refractivity contribution is 14.1. The van der Waals surface area contributed by atoms with Crippen LogP contribution in [0.25, 0.3) is 0 Å². The predicted octanol–water partition coefficient (Wildman–Crippen LogP) is 6.53. The normalized spacial score (nSPS) is 42.7. The fraction of sp³-hybridized carbons (Fsp3) is 0.810. The summed E-state index contributed by atoms with van der Waals surface area (Å²) < 4.78 is 6.35. The summed E-state index contributed by atoms with van der Waals surface area (Å²) in [4.78, 5) is 0. The molecule has 2 saturated carbocycles. The molecule has 0 aromatic rings. The molecule has 3 fully saturated rings. The molecule has 23 heavy (non-hydrogen) atoms. The summed E-state index contributed by atoms with van der Waals surface area (Å²) in [6.45, 7) is 4.97. The molecule has 0 aromatic carbocycles. The van der Waals surface area contributed by atoms with Crippen LogP contribution in [-0.2, 0) is 4.74 Å². The summed E-state index contributed by atoms with van der Waals surface area (Å²) in [5, 5.41) is 0. The lowest BCUT2D eigenvalue weighted by molar-refractivity contribution is 0.0107. The zero-order valence-corrected chi connectivity index (χ0v) is 16.6. The molecule has 1 aliphatic heterocycles. The average Bonchev–Trinajstić information content (AvgIpc) is 2.61. The van der Waals surface area contributed by atoms with Gasteiger partial charge in [-0.3, -0.25) is 0 Å². The number of alkyl halides is 1. The minimum atomic E-state index is 0.472. The monoisotopic (exact) mass is 428 g/mol. The summed E-state index contributed by atoms with van der Waals surface area (Å²) in [6, 6.07) is 0. The van der Waals surface area contributed by atoms with Crippen molar-refractivity contribution in [3.05, 3.63) is 24.8 Å². The van der Waals surface area contributed by atoms with Crippen LogP contribution < -0.4 is 0 Å². The molecule has 2 heteroatoms. The minimum Gasteiger partial charge on any atom is -0.368 e. The first kappa shape index (κ1) is 18.0. The van der Waals surface area contributed by atoms with Crippen LogP contribution in [0.15, 0.2) is 24.8 Å². The topological polar surface area (TPSA) is 9.23 Å². The zero-order valence-electron chi connectivity index (χ0n) is 14.5. The van der Waals surface area contributed by atoms with Crippen molar-refractivity contribution in [1.29, 1.82) is 0 Å². The van der Waals surface area contributed by atoms with E-state index in [0.29, 0.717) is 4.11 Å². The molecular formula is C21H33IO. The van der Waals surface area contributed by atoms with E-state index < -0.39 is 0 Å². The third-order valence-corrected chi connectivity index (χ3v) is 7.53. The number of ether oxygens (including phenoxy) is 1. The Morgan fingerprint density at radius 2 is 1.22 bits per heavy atom. The Morgan fingerprint density at radius 3 is 1.74 bits per heavy atom. The van der Waals surface area contributed by atoms with Gasteiger partial charge in [0.2, 0.25) is 0 Å². The summed E-state index contributed by atoms with van der Waals surface area (Å²) in [7, 11) is 0. The van der Waals surface area contributed by atoms with Crippen LogP contribution in [0.5, 0.6) is 0 Å². The van der Waals surface area contributed by atoms with Crippen molar-refractivity contribution in [2.45, 2.75) is 68.3 Å². The Bertz CT molecular complexity index is 381. The second-order valence-corrected chi connectivity index (χ2v) is 9.44. The molecule has 1 nitrogen and oxygen atoms in total. The van der Waals surface area contributed by atoms with Crippen LogP contribution in [0, 0.1) is 29.6 Å². The molecule has 0 N–H and O–H groups in total. The smallest absolute Gasteiger partial charge is 0.108 e. The Labute approximate surface area is 156 Å². The van der Waals surface area contributed by atoms with Crippen molar-refractivity contribution in [2.75, 3.05) is 6.61 Å². The number of allylic oxidation sites excluding steroid dienone is 3. The van der Waals surface area contributed by atoms with Gasteiger partial charge in [-0.15, -0.1) is 6.58 Å². The summed E-state index contributed by atoms with van der Waals surface area (Å²) >= 11 is 2.44. The molecule has 2 atom stereocenters. The number of halogens is 1. The Kier molecular flexibility index (Phi) is 7.06. The third-order valence-electron chi connectivity index (χ3n) is 6.54. The van der Waals surface area contributed by atoms with Gasteiger partial charge in [0.1, 0.15) is 4.11 Å². The van der Waals surface area contributed by atoms with E-state index in [-0.39, 0.29) is 0 Å². The van der Waals surface area contributed by atoms with E-state index in [9.17, 15) is 0 Å². The highest BCUT2D eigenvalue weighted by Gasteiger charge is 2.30. The zero-order chi connectivity index (χ0) is 16.1. The van der Waals surface area contributed by atoms with Gasteiger partial charge >= 0.3 is 0 Å². The lowest BCUT2D eigenvalue weighted by Gasteiger charge is -2.36. The highest BCUT2D eigenvalue weighted by atomic mass is 127. The van der Waals surface area contributed by atoms with E-state index in [4.69, 9.17) is 4.74 Å². The summed E-state index contributed by atoms with van der Waals surface area (Å²) in [5.41, 5.74) is 0. The van der Waals surface area contributed by atoms with Gasteiger partial charge in [0, 0.05) is 0 Å². The van der Waals surface area contributed by atoms with E-state index in [0.717, 1.165) is 36.2 Å². The molecule has 0 amide bonds. The van der Waals surface area contributed by atoms with Crippen molar-refractivity contribution in [3.8, 4) is 0 Å². The Balaban J connectivity index is 1.37. The van der Waals surface area contributed by atoms with Crippen LogP contribution in [0.3, 0.4) is 0 Å². The number of rotatable bonds is 4. The van der Waals surface area contributed by atoms with Crippen molar-refractivity contribution in [1.82, 2.24) is 0 Å². The lowest BCUT2D eigenvalue weighted by Crippen LogP contribution is -2.30. The van der Waals surface area contributed by atoms with Crippen LogP contribution in [0.4, 0.5) is 0 Å². The lowest BCUT2D eigenvalue weighted by atomic mass is 9.73. The van der Waals surface area contributed by atoms with Crippen LogP contribution in [0.2, 0.25) is 0 Å². The largest absolute Gasteiger partial charge is 0.368 e. The fourth-order valence-electron chi connectivity index (χ4n) is 4.81. The predicted molar refractivity (Wildman–Crippen MR) is 107 cm³/mol. The average molecular weight is 428 g/mol. The Morgan fingerprint density at radius 1 is 0.696 bits per heavy atom. The second-order valence-electron chi connectivity index (χ2n) is 8.05. The van der Waals surface area contributed by atoms with Crippen LogP contribution >= 0.6 is 22.6 Å². The maximum Gasteiger partial charge on any atom is 0.108 e. The molecule has 3 rings (SSSR count). The molecule has 1 saturated heterocycles. The number of hydrogen-bond donors (Lipinski definition) is 0. The number of hydrogen-bond acceptors (Lipinski definition) is 1. The van der Waals surface area contributed by atoms with Gasteiger partial charge in [-0.2, -0.15) is 0 Å². The summed E-state index contributed by atoms with van der Waals surface area (Å²) in [6.07, 6.45) is 21.1. The molecule has 0 bridgehead atoms. The van der Waals surface area contributed by atoms with Crippen molar-refractivity contribution < 1.29 is 4.74 Å². The van der Waals surface area contributed by atoms with E-state index in [1.165, 1.54) is 64.2 Å². The van der Waals surface area contributed by atoms with E-state index >= 15 is 0 Å². The molecule has 0 aromatic heterocycles. The maximum absolute atomic E-state index is 5.88. The molecule has 2 unspecified atom stereocenters. The van der Waals surface area contributed by atoms with Gasteiger partial charge in [-0.25, -0.2) is 0 Å². The van der Waals surface area contributed by atoms with Gasteiger partial charge in [0.15, 0.2) is 0 Å². The van der Waals surface area contributed by atoms with Gasteiger partial charge in [0.25, 0.3) is 0 Å². The van der Waals surface area contributed by atoms with Crippen molar-refractivity contribution in [3.63, 3.8) is 0 Å². The van der Waals surface area contributed by atoms with Gasteiger partial charge in [-0.1, -0.05) is 40.8 Å². The molecule has 0 spiro atoms. The first-order valence-electron chi connectivity index (χ1n) is 9.81. The fourth-order valence-corrected chi connectivity index (χ4v) is 5.37. The molecule has 2 aliphatic carbocycles. The van der Waals surface area contributed by atoms with E-state index in [1.54, 1.807) is 0 Å². The molecule has 3 aliphatic rings. The maximum atomic E-state index is 5.88. The van der Waals surface area contributed by atoms with Crippen LogP contribution in [0.1, 0.15) is 64.2 Å². The van der Waals surface area contributed by atoms with E-state index in [1.807, 2.05) is 0 Å².